The lowest BCUT2D eigenvalue weighted by Gasteiger charge is -2.45. The number of benzene rings is 1. The number of para-hydroxylation sites is 1. The number of carbonyl (C=O) groups is 1. The molecule has 0 aliphatic heterocycles. The molecule has 0 radical (unpaired) electrons. The van der Waals surface area contributed by atoms with E-state index in [1.54, 1.807) is 13.3 Å². The molecule has 2 heterocycles. The van der Waals surface area contributed by atoms with Crippen molar-refractivity contribution in [1.29, 1.82) is 5.26 Å². The summed E-state index contributed by atoms with van der Waals surface area (Å²) in [6.45, 7) is 4.01. The Balaban J connectivity index is 1.79. The van der Waals surface area contributed by atoms with Gasteiger partial charge in [-0.3, -0.25) is 9.78 Å². The lowest BCUT2D eigenvalue weighted by atomic mass is 9.58. The van der Waals surface area contributed by atoms with Gasteiger partial charge >= 0.3 is 0 Å². The number of methoxy groups -OCH3 is 1. The van der Waals surface area contributed by atoms with Crippen LogP contribution in [0.3, 0.4) is 0 Å². The van der Waals surface area contributed by atoms with Crippen molar-refractivity contribution >= 4 is 16.7 Å². The number of fused-ring (bicyclic) bond motifs is 4. The second-order valence-corrected chi connectivity index (χ2v) is 8.51. The standard InChI is InChI=1S/C25H22N4O2/c1-14-19-9-8-18-22(25(19,2)12-15(13-26)21(14)30)28-23(29-24(18)31-3)17-10-11-27-20-7-5-4-6-16(17)20/h4-7,10-12,14,19H,8-9H2,1-3H3/t14-,19-,25-/m1/s1. The maximum atomic E-state index is 12.7. The number of nitriles is 1. The van der Waals surface area contributed by atoms with Crippen molar-refractivity contribution < 1.29 is 9.53 Å². The minimum atomic E-state index is -0.542. The third kappa shape index (κ3) is 2.77. The van der Waals surface area contributed by atoms with E-state index >= 15 is 0 Å². The Bertz CT molecular complexity index is 1300. The molecule has 31 heavy (non-hydrogen) atoms. The molecule has 0 fully saturated rings. The summed E-state index contributed by atoms with van der Waals surface area (Å²) < 4.78 is 5.69. The Labute approximate surface area is 180 Å². The predicted octanol–water partition coefficient (Wildman–Crippen LogP) is 4.19. The molecule has 0 unspecified atom stereocenters. The smallest absolute Gasteiger partial charge is 0.220 e. The summed E-state index contributed by atoms with van der Waals surface area (Å²) in [6, 6.07) is 11.9. The van der Waals surface area contributed by atoms with Crippen molar-refractivity contribution in [2.24, 2.45) is 11.8 Å². The molecule has 0 N–H and O–H groups in total. The van der Waals surface area contributed by atoms with Crippen molar-refractivity contribution in [3.8, 4) is 23.3 Å². The lowest BCUT2D eigenvalue weighted by Crippen LogP contribution is -2.46. The molecule has 6 nitrogen and oxygen atoms in total. The van der Waals surface area contributed by atoms with Gasteiger partial charge in [-0.25, -0.2) is 4.98 Å². The van der Waals surface area contributed by atoms with Crippen LogP contribution < -0.4 is 4.74 Å². The Morgan fingerprint density at radius 1 is 1.23 bits per heavy atom. The fraction of sp³-hybridized carbons (Fsp3) is 0.320. The summed E-state index contributed by atoms with van der Waals surface area (Å²) in [5.41, 5.74) is 3.22. The quantitative estimate of drug-likeness (QED) is 0.629. The Morgan fingerprint density at radius 3 is 2.81 bits per heavy atom. The van der Waals surface area contributed by atoms with Gasteiger partial charge in [-0.15, -0.1) is 0 Å². The average molecular weight is 410 g/mol. The van der Waals surface area contributed by atoms with Crippen molar-refractivity contribution in [3.63, 3.8) is 0 Å². The maximum Gasteiger partial charge on any atom is 0.220 e. The molecule has 6 heteroatoms. The molecule has 0 saturated carbocycles. The van der Waals surface area contributed by atoms with Gasteiger partial charge in [0.2, 0.25) is 5.88 Å². The molecule has 0 saturated heterocycles. The molecule has 5 rings (SSSR count). The fourth-order valence-electron chi connectivity index (χ4n) is 5.32. The van der Waals surface area contributed by atoms with Gasteiger partial charge in [0.05, 0.1) is 23.9 Å². The topological polar surface area (TPSA) is 88.8 Å². The third-order valence-electron chi connectivity index (χ3n) is 6.89. The molecule has 0 bridgehead atoms. The van der Waals surface area contributed by atoms with Gasteiger partial charge in [0.25, 0.3) is 0 Å². The highest BCUT2D eigenvalue weighted by atomic mass is 16.5. The maximum absolute atomic E-state index is 12.7. The minimum absolute atomic E-state index is 0.0743. The average Bonchev–Trinajstić information content (AvgIpc) is 2.80. The van der Waals surface area contributed by atoms with E-state index in [0.29, 0.717) is 11.7 Å². The first kappa shape index (κ1) is 19.4. The number of ketones is 1. The van der Waals surface area contributed by atoms with E-state index in [2.05, 4.69) is 18.0 Å². The Hall–Kier alpha value is -3.59. The second-order valence-electron chi connectivity index (χ2n) is 8.51. The van der Waals surface area contributed by atoms with E-state index in [4.69, 9.17) is 14.7 Å². The molecule has 2 aromatic heterocycles. The summed E-state index contributed by atoms with van der Waals surface area (Å²) in [6.07, 6.45) is 5.14. The van der Waals surface area contributed by atoms with Gasteiger partial charge in [0.15, 0.2) is 11.6 Å². The Morgan fingerprint density at radius 2 is 2.03 bits per heavy atom. The summed E-state index contributed by atoms with van der Waals surface area (Å²) in [5.74, 6) is 0.884. The van der Waals surface area contributed by atoms with Crippen LogP contribution in [0.15, 0.2) is 48.2 Å². The summed E-state index contributed by atoms with van der Waals surface area (Å²) >= 11 is 0. The molecule has 0 amide bonds. The van der Waals surface area contributed by atoms with Crippen LogP contribution >= 0.6 is 0 Å². The SMILES string of the molecule is COc1nc(-c2ccnc3ccccc23)nc2c1CC[C@@H]1[C@@H](C)C(=O)C(C#N)=C[C@@]21C. The highest BCUT2D eigenvalue weighted by Gasteiger charge is 2.49. The first-order valence-corrected chi connectivity index (χ1v) is 10.4. The highest BCUT2D eigenvalue weighted by molar-refractivity contribution is 6.02. The van der Waals surface area contributed by atoms with Crippen molar-refractivity contribution in [3.05, 3.63) is 59.4 Å². The monoisotopic (exact) mass is 410 g/mol. The normalized spacial score (nSPS) is 24.7. The molecule has 1 aromatic carbocycles. The molecule has 3 atom stereocenters. The molecule has 0 spiro atoms. The van der Waals surface area contributed by atoms with E-state index in [1.807, 2.05) is 43.3 Å². The van der Waals surface area contributed by atoms with Crippen LogP contribution in [0.5, 0.6) is 5.88 Å². The zero-order valence-electron chi connectivity index (χ0n) is 17.7. The predicted molar refractivity (Wildman–Crippen MR) is 116 cm³/mol. The highest BCUT2D eigenvalue weighted by Crippen LogP contribution is 2.50. The summed E-state index contributed by atoms with van der Waals surface area (Å²) in [5, 5.41) is 10.5. The van der Waals surface area contributed by atoms with E-state index < -0.39 is 5.41 Å². The van der Waals surface area contributed by atoms with Gasteiger partial charge in [0.1, 0.15) is 6.07 Å². The van der Waals surface area contributed by atoms with Gasteiger partial charge in [-0.2, -0.15) is 10.2 Å². The van der Waals surface area contributed by atoms with Crippen LogP contribution in [0.4, 0.5) is 0 Å². The van der Waals surface area contributed by atoms with Crippen molar-refractivity contribution in [2.75, 3.05) is 7.11 Å². The number of ether oxygens (including phenoxy) is 1. The largest absolute Gasteiger partial charge is 0.481 e. The van der Waals surface area contributed by atoms with E-state index in [1.165, 1.54) is 0 Å². The zero-order chi connectivity index (χ0) is 21.8. The number of Topliss-reactive ketones (excluding diaryl/α,β-unsaturated/α-hetero) is 1. The van der Waals surface area contributed by atoms with E-state index in [-0.39, 0.29) is 23.2 Å². The van der Waals surface area contributed by atoms with Crippen LogP contribution in [0.2, 0.25) is 0 Å². The molecule has 2 aliphatic carbocycles. The molecular weight excluding hydrogens is 388 g/mol. The van der Waals surface area contributed by atoms with Crippen LogP contribution in [0, 0.1) is 23.2 Å². The number of pyridine rings is 1. The fourth-order valence-corrected chi connectivity index (χ4v) is 5.32. The van der Waals surface area contributed by atoms with Crippen molar-refractivity contribution in [1.82, 2.24) is 15.0 Å². The molecule has 154 valence electrons. The van der Waals surface area contributed by atoms with Gasteiger partial charge in [-0.1, -0.05) is 38.1 Å². The van der Waals surface area contributed by atoms with Crippen LogP contribution in [-0.2, 0) is 16.6 Å². The van der Waals surface area contributed by atoms with Gasteiger partial charge in [-0.05, 0) is 30.9 Å². The van der Waals surface area contributed by atoms with Gasteiger partial charge < -0.3 is 4.74 Å². The van der Waals surface area contributed by atoms with E-state index in [9.17, 15) is 10.1 Å². The van der Waals surface area contributed by atoms with Gasteiger partial charge in [0, 0.05) is 34.0 Å². The molecular formula is C25H22N4O2. The van der Waals surface area contributed by atoms with Crippen LogP contribution in [0.1, 0.15) is 31.5 Å². The number of hydrogen-bond donors (Lipinski definition) is 0. The van der Waals surface area contributed by atoms with Crippen LogP contribution in [-0.4, -0.2) is 27.8 Å². The Kier molecular flexibility index (Phi) is 4.37. The first-order chi connectivity index (χ1) is 15.0. The second kappa shape index (κ2) is 6.98. The zero-order valence-corrected chi connectivity index (χ0v) is 17.7. The minimum Gasteiger partial charge on any atom is -0.481 e. The summed E-state index contributed by atoms with van der Waals surface area (Å²) in [7, 11) is 1.62. The van der Waals surface area contributed by atoms with Crippen molar-refractivity contribution in [2.45, 2.75) is 32.1 Å². The number of hydrogen-bond acceptors (Lipinski definition) is 6. The third-order valence-corrected chi connectivity index (χ3v) is 6.89. The number of nitrogens with zero attached hydrogens (tertiary/aromatic N) is 4. The number of allylic oxidation sites excluding steroid dienone is 2. The van der Waals surface area contributed by atoms with E-state index in [0.717, 1.165) is 40.6 Å². The number of aromatic nitrogens is 3. The summed E-state index contributed by atoms with van der Waals surface area (Å²) in [4.78, 5) is 26.9. The number of carbonyl (C=O) groups excluding carboxylic acids is 1. The first-order valence-electron chi connectivity index (χ1n) is 10.4. The van der Waals surface area contributed by atoms with Crippen LogP contribution in [0.25, 0.3) is 22.3 Å². The lowest BCUT2D eigenvalue weighted by molar-refractivity contribution is -0.121. The molecule has 3 aromatic rings. The molecule has 2 aliphatic rings. The number of rotatable bonds is 2.